The lowest BCUT2D eigenvalue weighted by atomic mass is 10.5. The molecule has 0 saturated carbocycles. The van der Waals surface area contributed by atoms with Crippen LogP contribution in [0.5, 0.6) is 0 Å². The summed E-state index contributed by atoms with van der Waals surface area (Å²) >= 11 is 0. The summed E-state index contributed by atoms with van der Waals surface area (Å²) in [6.07, 6.45) is 4.60. The molecule has 17 heavy (non-hydrogen) atoms. The van der Waals surface area contributed by atoms with Gasteiger partial charge in [0.15, 0.2) is 5.73 Å². The van der Waals surface area contributed by atoms with E-state index < -0.39 is 8.80 Å². The third-order valence-corrected chi connectivity index (χ3v) is 5.35. The number of ether oxygens (including phenoxy) is 1. The van der Waals surface area contributed by atoms with Gasteiger partial charge in [-0.1, -0.05) is 13.0 Å². The van der Waals surface area contributed by atoms with Gasteiger partial charge in [-0.05, 0) is 34.1 Å². The Morgan fingerprint density at radius 2 is 1.41 bits per heavy atom. The van der Waals surface area contributed by atoms with Crippen molar-refractivity contribution < 1.29 is 18.0 Å². The van der Waals surface area contributed by atoms with E-state index in [1.807, 2.05) is 33.8 Å². The van der Waals surface area contributed by atoms with E-state index in [0.29, 0.717) is 19.8 Å². The maximum atomic E-state index is 5.74. The third kappa shape index (κ3) is 5.67. The molecule has 0 aliphatic heterocycles. The van der Waals surface area contributed by atoms with Crippen LogP contribution in [0.1, 0.15) is 41.0 Å². The minimum absolute atomic E-state index is 0.190. The topological polar surface area (TPSA) is 36.9 Å². The molecule has 5 heteroatoms. The number of rotatable bonds is 10. The molecule has 1 atom stereocenters. The highest BCUT2D eigenvalue weighted by molar-refractivity contribution is 6.62. The molecular formula is C12H26O4Si. The predicted molar refractivity (Wildman–Crippen MR) is 70.6 cm³/mol. The fourth-order valence-electron chi connectivity index (χ4n) is 1.43. The van der Waals surface area contributed by atoms with Crippen LogP contribution in [0, 0.1) is 0 Å². The summed E-state index contributed by atoms with van der Waals surface area (Å²) in [6, 6.07) is 0. The largest absolute Gasteiger partial charge is 0.543 e. The molecule has 4 nitrogen and oxygen atoms in total. The standard InChI is InChI=1S/C12H26O4Si/c1-6-10-11-13-12(5)17(14-7-2,15-8-3)16-9-4/h10-12H,6-9H2,1-5H3/b11-10-. The Morgan fingerprint density at radius 1 is 0.941 bits per heavy atom. The first kappa shape index (κ1) is 16.6. The van der Waals surface area contributed by atoms with Crippen molar-refractivity contribution in [2.45, 2.75) is 46.8 Å². The molecule has 0 spiro atoms. The van der Waals surface area contributed by atoms with E-state index in [1.54, 1.807) is 6.26 Å². The highest BCUT2D eigenvalue weighted by Crippen LogP contribution is 2.18. The smallest absolute Gasteiger partial charge is 0.494 e. The molecule has 0 rings (SSSR count). The zero-order valence-electron chi connectivity index (χ0n) is 11.7. The van der Waals surface area contributed by atoms with Gasteiger partial charge in [0.05, 0.1) is 6.26 Å². The van der Waals surface area contributed by atoms with Gasteiger partial charge in [-0.2, -0.15) is 0 Å². The normalized spacial score (nSPS) is 14.2. The van der Waals surface area contributed by atoms with Crippen LogP contribution in [-0.4, -0.2) is 34.4 Å². The van der Waals surface area contributed by atoms with E-state index in [4.69, 9.17) is 18.0 Å². The van der Waals surface area contributed by atoms with E-state index in [0.717, 1.165) is 6.42 Å². The Balaban J connectivity index is 4.64. The van der Waals surface area contributed by atoms with E-state index in [1.165, 1.54) is 0 Å². The monoisotopic (exact) mass is 262 g/mol. The van der Waals surface area contributed by atoms with E-state index in [9.17, 15) is 0 Å². The van der Waals surface area contributed by atoms with Gasteiger partial charge in [-0.15, -0.1) is 0 Å². The molecule has 0 saturated heterocycles. The maximum Gasteiger partial charge on any atom is 0.543 e. The summed E-state index contributed by atoms with van der Waals surface area (Å²) in [6.45, 7) is 11.5. The second kappa shape index (κ2) is 9.64. The van der Waals surface area contributed by atoms with Crippen molar-refractivity contribution in [1.82, 2.24) is 0 Å². The molecule has 0 aliphatic carbocycles. The molecule has 0 heterocycles. The first-order valence-corrected chi connectivity index (χ1v) is 8.19. The number of hydrogen-bond acceptors (Lipinski definition) is 4. The summed E-state index contributed by atoms with van der Waals surface area (Å²) < 4.78 is 22.8. The van der Waals surface area contributed by atoms with Crippen molar-refractivity contribution in [1.29, 1.82) is 0 Å². The van der Waals surface area contributed by atoms with Crippen LogP contribution in [-0.2, 0) is 18.0 Å². The second-order valence-electron chi connectivity index (χ2n) is 3.46. The van der Waals surface area contributed by atoms with Crippen molar-refractivity contribution in [3.05, 3.63) is 12.3 Å². The molecule has 0 amide bonds. The molecule has 102 valence electrons. The van der Waals surface area contributed by atoms with Gasteiger partial charge >= 0.3 is 8.80 Å². The van der Waals surface area contributed by atoms with E-state index in [-0.39, 0.29) is 5.73 Å². The Bertz CT molecular complexity index is 192. The lowest BCUT2D eigenvalue weighted by molar-refractivity contribution is 0.0224. The Labute approximate surface area is 106 Å². The van der Waals surface area contributed by atoms with Gasteiger partial charge in [-0.3, -0.25) is 0 Å². The van der Waals surface area contributed by atoms with Crippen LogP contribution >= 0.6 is 0 Å². The Kier molecular flexibility index (Phi) is 9.44. The van der Waals surface area contributed by atoms with Crippen LogP contribution in [0.15, 0.2) is 12.3 Å². The first-order chi connectivity index (χ1) is 8.16. The molecule has 1 unspecified atom stereocenters. The number of hydrogen-bond donors (Lipinski definition) is 0. The second-order valence-corrected chi connectivity index (χ2v) is 6.35. The van der Waals surface area contributed by atoms with Gasteiger partial charge in [0.25, 0.3) is 0 Å². The van der Waals surface area contributed by atoms with E-state index in [2.05, 4.69) is 6.92 Å². The van der Waals surface area contributed by atoms with Crippen molar-refractivity contribution in [2.24, 2.45) is 0 Å². The molecule has 0 aromatic carbocycles. The van der Waals surface area contributed by atoms with Crippen LogP contribution in [0.2, 0.25) is 0 Å². The van der Waals surface area contributed by atoms with Crippen molar-refractivity contribution in [3.63, 3.8) is 0 Å². The first-order valence-electron chi connectivity index (χ1n) is 6.39. The molecule has 0 N–H and O–H groups in total. The molecule has 0 aromatic heterocycles. The summed E-state index contributed by atoms with van der Waals surface area (Å²) in [7, 11) is -2.72. The molecule has 0 bridgehead atoms. The lowest BCUT2D eigenvalue weighted by Gasteiger charge is -2.32. The SMILES string of the molecule is CC/C=C\OC(C)[Si](OCC)(OCC)OCC. The third-order valence-electron chi connectivity index (χ3n) is 2.15. The van der Waals surface area contributed by atoms with Gasteiger partial charge in [0, 0.05) is 19.8 Å². The summed E-state index contributed by atoms with van der Waals surface area (Å²) in [4.78, 5) is 0. The van der Waals surface area contributed by atoms with Crippen molar-refractivity contribution >= 4 is 8.80 Å². The van der Waals surface area contributed by atoms with Crippen molar-refractivity contribution in [3.8, 4) is 0 Å². The fraction of sp³-hybridized carbons (Fsp3) is 0.833. The van der Waals surface area contributed by atoms with Crippen LogP contribution < -0.4 is 0 Å². The molecule has 0 aromatic rings. The average Bonchev–Trinajstić information content (AvgIpc) is 2.30. The van der Waals surface area contributed by atoms with Crippen LogP contribution in [0.4, 0.5) is 0 Å². The maximum absolute atomic E-state index is 5.74. The molecule has 0 radical (unpaired) electrons. The minimum Gasteiger partial charge on any atom is -0.494 e. The summed E-state index contributed by atoms with van der Waals surface area (Å²) in [5.74, 6) is 0. The van der Waals surface area contributed by atoms with Gasteiger partial charge in [0.1, 0.15) is 0 Å². The summed E-state index contributed by atoms with van der Waals surface area (Å²) in [5.41, 5.74) is -0.190. The van der Waals surface area contributed by atoms with Crippen molar-refractivity contribution in [2.75, 3.05) is 19.8 Å². The zero-order valence-corrected chi connectivity index (χ0v) is 12.7. The van der Waals surface area contributed by atoms with E-state index >= 15 is 0 Å². The highest BCUT2D eigenvalue weighted by Gasteiger charge is 2.48. The molecular weight excluding hydrogens is 236 g/mol. The Hall–Kier alpha value is -0.363. The van der Waals surface area contributed by atoms with Gasteiger partial charge in [0.2, 0.25) is 0 Å². The predicted octanol–water partition coefficient (Wildman–Crippen LogP) is 2.90. The minimum atomic E-state index is -2.72. The molecule has 0 aliphatic rings. The van der Waals surface area contributed by atoms with Gasteiger partial charge in [-0.25, -0.2) is 0 Å². The highest BCUT2D eigenvalue weighted by atomic mass is 28.4. The average molecular weight is 262 g/mol. The Morgan fingerprint density at radius 3 is 1.76 bits per heavy atom. The van der Waals surface area contributed by atoms with Crippen LogP contribution in [0.3, 0.4) is 0 Å². The molecule has 0 fully saturated rings. The zero-order chi connectivity index (χ0) is 13.1. The summed E-state index contributed by atoms with van der Waals surface area (Å²) in [5, 5.41) is 0. The lowest BCUT2D eigenvalue weighted by Crippen LogP contribution is -2.56. The quantitative estimate of drug-likeness (QED) is 0.448. The van der Waals surface area contributed by atoms with Crippen LogP contribution in [0.25, 0.3) is 0 Å². The van der Waals surface area contributed by atoms with Gasteiger partial charge < -0.3 is 18.0 Å². The fourth-order valence-corrected chi connectivity index (χ4v) is 3.84. The number of allylic oxidation sites excluding steroid dienone is 1.